The van der Waals surface area contributed by atoms with Crippen molar-refractivity contribution in [2.45, 2.75) is 18.9 Å². The molecule has 2 unspecified atom stereocenters. The zero-order chi connectivity index (χ0) is 12.3. The molecule has 1 aliphatic heterocycles. The van der Waals surface area contributed by atoms with Crippen LogP contribution in [0.25, 0.3) is 0 Å². The molecule has 0 amide bonds. The monoisotopic (exact) mass is 241 g/mol. The fourth-order valence-corrected chi connectivity index (χ4v) is 2.43. The lowest BCUT2D eigenvalue weighted by Gasteiger charge is -2.30. The number of rotatable bonds is 3. The Labute approximate surface area is 100.0 Å². The van der Waals surface area contributed by atoms with Gasteiger partial charge in [-0.15, -0.1) is 0 Å². The maximum atomic E-state index is 13.7. The zero-order valence-corrected chi connectivity index (χ0v) is 9.88. The minimum absolute atomic E-state index is 0.115. The number of hydrogen-bond donors (Lipinski definition) is 1. The van der Waals surface area contributed by atoms with Gasteiger partial charge in [-0.2, -0.15) is 0 Å². The van der Waals surface area contributed by atoms with Gasteiger partial charge < -0.3 is 10.1 Å². The van der Waals surface area contributed by atoms with Crippen molar-refractivity contribution in [3.05, 3.63) is 35.4 Å². The van der Waals surface area contributed by atoms with Gasteiger partial charge in [0.15, 0.2) is 0 Å². The highest BCUT2D eigenvalue weighted by atomic mass is 19.1. The highest BCUT2D eigenvalue weighted by Crippen LogP contribution is 2.30. The van der Waals surface area contributed by atoms with Crippen molar-refractivity contribution in [1.82, 2.24) is 5.32 Å². The summed E-state index contributed by atoms with van der Waals surface area (Å²) >= 11 is 0. The van der Waals surface area contributed by atoms with Crippen LogP contribution < -0.4 is 5.32 Å². The average Bonchev–Trinajstić information content (AvgIpc) is 2.34. The third-order valence-corrected chi connectivity index (χ3v) is 3.28. The summed E-state index contributed by atoms with van der Waals surface area (Å²) in [7, 11) is 1.79. The van der Waals surface area contributed by atoms with Crippen LogP contribution in [0.3, 0.4) is 0 Å². The molecule has 0 spiro atoms. The van der Waals surface area contributed by atoms with Crippen LogP contribution >= 0.6 is 0 Å². The molecule has 17 heavy (non-hydrogen) atoms. The summed E-state index contributed by atoms with van der Waals surface area (Å²) in [6.07, 6.45) is 1.99. The first-order valence-electron chi connectivity index (χ1n) is 5.92. The van der Waals surface area contributed by atoms with Crippen molar-refractivity contribution in [2.24, 2.45) is 5.92 Å². The van der Waals surface area contributed by atoms with Crippen LogP contribution in [0.1, 0.15) is 24.4 Å². The quantitative estimate of drug-likeness (QED) is 0.878. The molecule has 1 aromatic carbocycles. The first-order chi connectivity index (χ1) is 8.22. The molecule has 1 N–H and O–H groups in total. The van der Waals surface area contributed by atoms with E-state index in [9.17, 15) is 8.78 Å². The molecule has 0 bridgehead atoms. The number of nitrogens with one attached hydrogen (secondary N) is 1. The van der Waals surface area contributed by atoms with Crippen molar-refractivity contribution < 1.29 is 13.5 Å². The Balaban J connectivity index is 2.21. The predicted octanol–water partition coefficient (Wildman–Crippen LogP) is 2.65. The smallest absolute Gasteiger partial charge is 0.130 e. The van der Waals surface area contributed by atoms with E-state index in [1.54, 1.807) is 7.05 Å². The van der Waals surface area contributed by atoms with Crippen LogP contribution in [0, 0.1) is 17.6 Å². The van der Waals surface area contributed by atoms with Crippen LogP contribution in [0.15, 0.2) is 18.2 Å². The molecule has 2 rings (SSSR count). The Morgan fingerprint density at radius 1 is 1.41 bits per heavy atom. The summed E-state index contributed by atoms with van der Waals surface area (Å²) < 4.78 is 32.0. The fraction of sp³-hybridized carbons (Fsp3) is 0.538. The lowest BCUT2D eigenvalue weighted by molar-refractivity contribution is 0.0397. The molecule has 4 heteroatoms. The molecule has 2 atom stereocenters. The maximum absolute atomic E-state index is 13.7. The number of benzene rings is 1. The van der Waals surface area contributed by atoms with Crippen molar-refractivity contribution in [1.29, 1.82) is 0 Å². The topological polar surface area (TPSA) is 21.3 Å². The Kier molecular flexibility index (Phi) is 4.07. The largest absolute Gasteiger partial charge is 0.381 e. The van der Waals surface area contributed by atoms with Gasteiger partial charge in [0.2, 0.25) is 0 Å². The summed E-state index contributed by atoms with van der Waals surface area (Å²) in [6, 6.07) is 3.63. The Bertz CT molecular complexity index is 378. The second kappa shape index (κ2) is 5.56. The molecule has 1 fully saturated rings. The predicted molar refractivity (Wildman–Crippen MR) is 61.7 cm³/mol. The van der Waals surface area contributed by atoms with Gasteiger partial charge >= 0.3 is 0 Å². The van der Waals surface area contributed by atoms with Gasteiger partial charge in [-0.3, -0.25) is 0 Å². The van der Waals surface area contributed by atoms with Gasteiger partial charge in [0.1, 0.15) is 11.6 Å². The van der Waals surface area contributed by atoms with Crippen LogP contribution in [0.2, 0.25) is 0 Å². The van der Waals surface area contributed by atoms with Gasteiger partial charge in [0.25, 0.3) is 0 Å². The standard InChI is InChI=1S/C13H17F2NO/c1-16-13(9-3-2-6-17-8-9)11-5-4-10(14)7-12(11)15/h4-5,7,9,13,16H,2-3,6,8H2,1H3. The maximum Gasteiger partial charge on any atom is 0.130 e. The van der Waals surface area contributed by atoms with E-state index < -0.39 is 11.6 Å². The second-order valence-electron chi connectivity index (χ2n) is 4.41. The first kappa shape index (κ1) is 12.5. The minimum Gasteiger partial charge on any atom is -0.381 e. The van der Waals surface area contributed by atoms with Gasteiger partial charge in [-0.05, 0) is 26.0 Å². The summed E-state index contributed by atoms with van der Waals surface area (Å²) in [5.74, 6) is -0.787. The molecular weight excluding hydrogens is 224 g/mol. The van der Waals surface area contributed by atoms with E-state index in [1.165, 1.54) is 12.1 Å². The van der Waals surface area contributed by atoms with Gasteiger partial charge in [-0.1, -0.05) is 6.07 Å². The van der Waals surface area contributed by atoms with E-state index in [4.69, 9.17) is 4.74 Å². The normalized spacial score (nSPS) is 22.4. The zero-order valence-electron chi connectivity index (χ0n) is 9.88. The number of hydrogen-bond acceptors (Lipinski definition) is 2. The minimum atomic E-state index is -0.541. The summed E-state index contributed by atoms with van der Waals surface area (Å²) in [6.45, 7) is 1.40. The van der Waals surface area contributed by atoms with Gasteiger partial charge in [0, 0.05) is 30.2 Å². The lowest BCUT2D eigenvalue weighted by atomic mass is 9.88. The fourth-order valence-electron chi connectivity index (χ4n) is 2.43. The van der Waals surface area contributed by atoms with E-state index in [0.29, 0.717) is 12.2 Å². The molecule has 0 aliphatic carbocycles. The van der Waals surface area contributed by atoms with Crippen LogP contribution in [-0.2, 0) is 4.74 Å². The Hall–Kier alpha value is -1.00. The van der Waals surface area contributed by atoms with E-state index in [1.807, 2.05) is 0 Å². The van der Waals surface area contributed by atoms with Crippen molar-refractivity contribution >= 4 is 0 Å². The third-order valence-electron chi connectivity index (χ3n) is 3.28. The Morgan fingerprint density at radius 2 is 2.24 bits per heavy atom. The van der Waals surface area contributed by atoms with Crippen LogP contribution in [0.5, 0.6) is 0 Å². The molecular formula is C13H17F2NO. The van der Waals surface area contributed by atoms with E-state index in [0.717, 1.165) is 25.5 Å². The number of ether oxygens (including phenoxy) is 1. The molecule has 0 aromatic heterocycles. The molecule has 0 radical (unpaired) electrons. The second-order valence-corrected chi connectivity index (χ2v) is 4.41. The number of halogens is 2. The third kappa shape index (κ3) is 2.82. The molecule has 1 heterocycles. The summed E-state index contributed by atoms with van der Waals surface area (Å²) in [5.41, 5.74) is 0.518. The molecule has 1 saturated heterocycles. The van der Waals surface area contributed by atoms with Crippen LogP contribution in [0.4, 0.5) is 8.78 Å². The van der Waals surface area contributed by atoms with Crippen LogP contribution in [-0.4, -0.2) is 20.3 Å². The molecule has 2 nitrogen and oxygen atoms in total. The van der Waals surface area contributed by atoms with Crippen molar-refractivity contribution in [3.8, 4) is 0 Å². The lowest BCUT2D eigenvalue weighted by Crippen LogP contribution is -2.32. The van der Waals surface area contributed by atoms with E-state index in [2.05, 4.69) is 5.32 Å². The molecule has 0 saturated carbocycles. The van der Waals surface area contributed by atoms with Crippen molar-refractivity contribution in [3.63, 3.8) is 0 Å². The first-order valence-corrected chi connectivity index (χ1v) is 5.92. The molecule has 94 valence electrons. The van der Waals surface area contributed by atoms with E-state index in [-0.39, 0.29) is 12.0 Å². The summed E-state index contributed by atoms with van der Waals surface area (Å²) in [4.78, 5) is 0. The van der Waals surface area contributed by atoms with E-state index >= 15 is 0 Å². The average molecular weight is 241 g/mol. The van der Waals surface area contributed by atoms with Gasteiger partial charge in [-0.25, -0.2) is 8.78 Å². The highest BCUT2D eigenvalue weighted by Gasteiger charge is 2.26. The molecule has 1 aromatic rings. The summed E-state index contributed by atoms with van der Waals surface area (Å²) in [5, 5.41) is 3.11. The van der Waals surface area contributed by atoms with Crippen molar-refractivity contribution in [2.75, 3.05) is 20.3 Å². The van der Waals surface area contributed by atoms with Gasteiger partial charge in [0.05, 0.1) is 6.61 Å². The SMILES string of the molecule is CNC(c1ccc(F)cc1F)C1CCCOC1. The Morgan fingerprint density at radius 3 is 2.82 bits per heavy atom. The molecule has 1 aliphatic rings. The highest BCUT2D eigenvalue weighted by molar-refractivity contribution is 5.23.